The molecule has 2 heterocycles. The number of aryl methyl sites for hydroxylation is 2. The summed E-state index contributed by atoms with van der Waals surface area (Å²) in [6.07, 6.45) is 0.787. The summed E-state index contributed by atoms with van der Waals surface area (Å²) in [6, 6.07) is 18.1. The largest absolute Gasteiger partial charge is 1.00 e. The summed E-state index contributed by atoms with van der Waals surface area (Å²) in [5.41, 5.74) is 5.89. The van der Waals surface area contributed by atoms with E-state index in [9.17, 15) is 4.79 Å². The minimum absolute atomic E-state index is 0. The Hall–Kier alpha value is -2.43. The molecule has 4 rings (SSSR count). The van der Waals surface area contributed by atoms with Crippen molar-refractivity contribution in [3.63, 3.8) is 0 Å². The first-order valence-electron chi connectivity index (χ1n) is 8.82. The number of nitrogens with zero attached hydrogens (tertiary/aromatic N) is 2. The highest BCUT2D eigenvalue weighted by Crippen LogP contribution is 2.24. The van der Waals surface area contributed by atoms with Crippen LogP contribution in [0.1, 0.15) is 39.9 Å². The molecule has 0 aliphatic carbocycles. The molecule has 0 aliphatic heterocycles. The van der Waals surface area contributed by atoms with Crippen molar-refractivity contribution in [3.05, 3.63) is 88.2 Å². The first kappa shape index (κ1) is 19.3. The molecule has 138 valence electrons. The minimum atomic E-state index is 0. The van der Waals surface area contributed by atoms with E-state index in [0.717, 1.165) is 45.3 Å². The van der Waals surface area contributed by atoms with Crippen LogP contribution < -0.4 is 17.0 Å². The Bertz CT molecular complexity index is 1100. The summed E-state index contributed by atoms with van der Waals surface area (Å²) < 4.78 is 4.33. The summed E-state index contributed by atoms with van der Waals surface area (Å²) in [6.45, 7) is 6.21. The standard InChI is InChI=1S/C22H21N2OS.ClH/c1-4-19-20(21(25)17-12-10-15(2)11-13-17)23-16(3)14-26-22(23)24(19)18-8-6-5-7-9-18;/h5-14H,4H2,1-3H3;1H/q+1;/p-1. The lowest BCUT2D eigenvalue weighted by atomic mass is 10.0. The number of para-hydroxylation sites is 1. The van der Waals surface area contributed by atoms with E-state index in [1.807, 2.05) is 49.4 Å². The van der Waals surface area contributed by atoms with E-state index in [1.165, 1.54) is 0 Å². The summed E-state index contributed by atoms with van der Waals surface area (Å²) >= 11 is 1.67. The topological polar surface area (TPSA) is 25.4 Å². The maximum Gasteiger partial charge on any atom is 0.351 e. The third-order valence-electron chi connectivity index (χ3n) is 4.72. The predicted molar refractivity (Wildman–Crippen MR) is 106 cm³/mol. The fraction of sp³-hybridized carbons (Fsp3) is 0.182. The number of aromatic nitrogens is 2. The predicted octanol–water partition coefficient (Wildman–Crippen LogP) is 1.69. The van der Waals surface area contributed by atoms with Gasteiger partial charge in [-0.1, -0.05) is 66.3 Å². The lowest BCUT2D eigenvalue weighted by Gasteiger charge is -2.02. The van der Waals surface area contributed by atoms with Crippen LogP contribution in [0.3, 0.4) is 0 Å². The van der Waals surface area contributed by atoms with E-state index in [4.69, 9.17) is 0 Å². The lowest BCUT2D eigenvalue weighted by molar-refractivity contribution is -0.573. The van der Waals surface area contributed by atoms with Gasteiger partial charge in [0.15, 0.2) is 5.69 Å². The normalized spacial score (nSPS) is 10.8. The van der Waals surface area contributed by atoms with Gasteiger partial charge >= 0.3 is 4.96 Å². The average molecular weight is 397 g/mol. The average Bonchev–Trinajstić information content (AvgIpc) is 3.19. The molecule has 0 saturated carbocycles. The first-order valence-corrected chi connectivity index (χ1v) is 9.70. The molecule has 0 spiro atoms. The zero-order valence-corrected chi connectivity index (χ0v) is 17.1. The number of halogens is 1. The fourth-order valence-electron chi connectivity index (χ4n) is 3.41. The molecule has 0 fully saturated rings. The maximum atomic E-state index is 13.4. The number of thiazole rings is 1. The van der Waals surface area contributed by atoms with Crippen molar-refractivity contribution in [1.82, 2.24) is 4.40 Å². The van der Waals surface area contributed by atoms with Gasteiger partial charge in [-0.15, -0.1) is 0 Å². The molecule has 2 aromatic carbocycles. The van der Waals surface area contributed by atoms with Crippen LogP contribution in [-0.4, -0.2) is 10.2 Å². The number of hydrogen-bond donors (Lipinski definition) is 0. The molecule has 0 bridgehead atoms. The van der Waals surface area contributed by atoms with Crippen molar-refractivity contribution in [2.75, 3.05) is 0 Å². The van der Waals surface area contributed by atoms with Crippen molar-refractivity contribution in [2.24, 2.45) is 0 Å². The Morgan fingerprint density at radius 3 is 2.33 bits per heavy atom. The van der Waals surface area contributed by atoms with Crippen LogP contribution in [0.15, 0.2) is 60.0 Å². The first-order chi connectivity index (χ1) is 12.6. The van der Waals surface area contributed by atoms with Crippen LogP contribution in [-0.2, 0) is 6.42 Å². The molecule has 2 aromatic heterocycles. The van der Waals surface area contributed by atoms with E-state index < -0.39 is 0 Å². The van der Waals surface area contributed by atoms with Gasteiger partial charge in [-0.2, -0.15) is 8.97 Å². The van der Waals surface area contributed by atoms with Gasteiger partial charge in [-0.05, 0) is 26.0 Å². The Labute approximate surface area is 169 Å². The zero-order valence-electron chi connectivity index (χ0n) is 15.6. The molecule has 4 aromatic rings. The van der Waals surface area contributed by atoms with Gasteiger partial charge < -0.3 is 12.4 Å². The summed E-state index contributed by atoms with van der Waals surface area (Å²) in [5.74, 6) is 0.0769. The van der Waals surface area contributed by atoms with Gasteiger partial charge in [-0.25, -0.2) is 0 Å². The third-order valence-corrected chi connectivity index (χ3v) is 5.75. The van der Waals surface area contributed by atoms with E-state index >= 15 is 0 Å². The van der Waals surface area contributed by atoms with Gasteiger partial charge in [0.2, 0.25) is 11.5 Å². The van der Waals surface area contributed by atoms with Gasteiger partial charge in [0.05, 0.1) is 0 Å². The van der Waals surface area contributed by atoms with Crippen molar-refractivity contribution < 1.29 is 21.8 Å². The second-order valence-electron chi connectivity index (χ2n) is 6.51. The molecule has 5 heteroatoms. The van der Waals surface area contributed by atoms with Crippen molar-refractivity contribution in [2.45, 2.75) is 27.2 Å². The second-order valence-corrected chi connectivity index (χ2v) is 7.35. The van der Waals surface area contributed by atoms with Crippen LogP contribution in [0.25, 0.3) is 10.6 Å². The monoisotopic (exact) mass is 396 g/mol. The van der Waals surface area contributed by atoms with E-state index in [1.54, 1.807) is 11.3 Å². The van der Waals surface area contributed by atoms with Crippen molar-refractivity contribution in [1.29, 1.82) is 0 Å². The summed E-state index contributed by atoms with van der Waals surface area (Å²) in [7, 11) is 0. The van der Waals surface area contributed by atoms with E-state index in [2.05, 4.69) is 40.3 Å². The Morgan fingerprint density at radius 2 is 1.70 bits per heavy atom. The number of hydrogen-bond acceptors (Lipinski definition) is 2. The number of ketones is 1. The van der Waals surface area contributed by atoms with Crippen LogP contribution in [0.4, 0.5) is 0 Å². The Morgan fingerprint density at radius 1 is 1.04 bits per heavy atom. The molecule has 0 N–H and O–H groups in total. The molecule has 0 saturated heterocycles. The van der Waals surface area contributed by atoms with Crippen LogP contribution >= 0.6 is 11.3 Å². The highest BCUT2D eigenvalue weighted by molar-refractivity contribution is 7.14. The fourth-order valence-corrected chi connectivity index (χ4v) is 4.46. The van der Waals surface area contributed by atoms with Crippen molar-refractivity contribution >= 4 is 22.1 Å². The molecular weight excluding hydrogens is 376 g/mol. The molecule has 0 atom stereocenters. The van der Waals surface area contributed by atoms with Gasteiger partial charge in [-0.3, -0.25) is 4.79 Å². The zero-order chi connectivity index (χ0) is 18.3. The minimum Gasteiger partial charge on any atom is -1.00 e. The van der Waals surface area contributed by atoms with E-state index in [0.29, 0.717) is 0 Å². The van der Waals surface area contributed by atoms with Crippen LogP contribution in [0.5, 0.6) is 0 Å². The van der Waals surface area contributed by atoms with Gasteiger partial charge in [0.25, 0.3) is 0 Å². The smallest absolute Gasteiger partial charge is 0.351 e. The number of rotatable bonds is 4. The molecule has 0 radical (unpaired) electrons. The highest BCUT2D eigenvalue weighted by atomic mass is 35.5. The molecule has 0 unspecified atom stereocenters. The van der Waals surface area contributed by atoms with Crippen LogP contribution in [0.2, 0.25) is 0 Å². The third kappa shape index (κ3) is 3.20. The Balaban J connectivity index is 0.00000210. The molecule has 3 nitrogen and oxygen atoms in total. The van der Waals surface area contributed by atoms with Gasteiger partial charge in [0, 0.05) is 17.4 Å². The number of fused-ring (bicyclic) bond motifs is 1. The number of carbonyl (C=O) groups is 1. The number of imidazole rings is 1. The maximum absolute atomic E-state index is 13.4. The SMILES string of the molecule is CCc1c(C(=O)c2ccc(C)cc2)n2c(C)csc2[n+]1-c1ccccc1.[Cl-]. The quantitative estimate of drug-likeness (QED) is 0.380. The number of benzene rings is 2. The second kappa shape index (κ2) is 7.67. The summed E-state index contributed by atoms with van der Waals surface area (Å²) in [4.78, 5) is 14.5. The lowest BCUT2D eigenvalue weighted by Crippen LogP contribution is -3.00. The molecule has 0 amide bonds. The summed E-state index contributed by atoms with van der Waals surface area (Å²) in [5, 5.41) is 2.11. The van der Waals surface area contributed by atoms with Gasteiger partial charge in [0.1, 0.15) is 11.4 Å². The van der Waals surface area contributed by atoms with E-state index in [-0.39, 0.29) is 18.2 Å². The van der Waals surface area contributed by atoms with Crippen molar-refractivity contribution in [3.8, 4) is 5.69 Å². The molecule has 0 aliphatic rings. The Kier molecular flexibility index (Phi) is 5.49. The molecular formula is C22H21ClN2OS. The molecule has 27 heavy (non-hydrogen) atoms. The van der Waals surface area contributed by atoms with Crippen LogP contribution in [0, 0.1) is 13.8 Å². The number of carbonyl (C=O) groups excluding carboxylic acids is 1. The highest BCUT2D eigenvalue weighted by Gasteiger charge is 2.33.